The summed E-state index contributed by atoms with van der Waals surface area (Å²) in [5, 5.41) is 12.5. The van der Waals surface area contributed by atoms with Gasteiger partial charge in [-0.05, 0) is 36.6 Å². The Morgan fingerprint density at radius 2 is 1.49 bits per heavy atom. The van der Waals surface area contributed by atoms with Crippen LogP contribution in [0.1, 0.15) is 42.4 Å². The van der Waals surface area contributed by atoms with Crippen molar-refractivity contribution in [2.24, 2.45) is 0 Å². The van der Waals surface area contributed by atoms with Crippen molar-refractivity contribution in [1.82, 2.24) is 31.2 Å². The molecule has 4 aromatic rings. The Kier molecular flexibility index (Phi) is 11.1. The fourth-order valence-corrected chi connectivity index (χ4v) is 6.86. The molecule has 2 aromatic heterocycles. The third-order valence-electron chi connectivity index (χ3n) is 9.08. The van der Waals surface area contributed by atoms with Gasteiger partial charge in [0.1, 0.15) is 5.75 Å². The number of carbonyl (C=O) groups is 2. The lowest BCUT2D eigenvalue weighted by Crippen LogP contribution is -2.35. The lowest BCUT2D eigenvalue weighted by atomic mass is 9.92. The summed E-state index contributed by atoms with van der Waals surface area (Å²) in [6.07, 6.45) is -0.807. The molecule has 0 radical (unpaired) electrons. The molecule has 0 saturated carbocycles. The lowest BCUT2D eigenvalue weighted by molar-refractivity contribution is -0.136. The van der Waals surface area contributed by atoms with E-state index in [1.54, 1.807) is 18.2 Å². The first kappa shape index (κ1) is 36.1. The number of rotatable bonds is 13. The summed E-state index contributed by atoms with van der Waals surface area (Å²) in [6.45, 7) is 1.99. The number of aromatic nitrogens is 2. The number of nitrogens with zero attached hydrogens (tertiary/aromatic N) is 2. The molecule has 14 heteroatoms. The van der Waals surface area contributed by atoms with Crippen molar-refractivity contribution in [2.45, 2.75) is 57.0 Å². The molecule has 0 unspecified atom stereocenters. The Morgan fingerprint density at radius 1 is 0.843 bits per heavy atom. The topological polar surface area (TPSA) is 126 Å². The van der Waals surface area contributed by atoms with E-state index in [1.165, 1.54) is 50.7 Å². The third kappa shape index (κ3) is 8.27. The quantitative estimate of drug-likeness (QED) is 0.134. The number of halogens is 4. The van der Waals surface area contributed by atoms with Crippen LogP contribution in [0.15, 0.2) is 60.8 Å². The van der Waals surface area contributed by atoms with Gasteiger partial charge in [-0.1, -0.05) is 48.0 Å². The van der Waals surface area contributed by atoms with Gasteiger partial charge in [0, 0.05) is 85.1 Å². The number of benzene rings is 2. The van der Waals surface area contributed by atoms with Crippen LogP contribution in [0.2, 0.25) is 5.02 Å². The van der Waals surface area contributed by atoms with Crippen LogP contribution in [-0.4, -0.2) is 61.2 Å². The predicted octanol–water partition coefficient (Wildman–Crippen LogP) is 5.90. The molecule has 4 N–H and O–H groups in total. The molecule has 0 spiro atoms. The van der Waals surface area contributed by atoms with Crippen LogP contribution in [0.3, 0.4) is 0 Å². The standard InChI is InChI=1S/C37H38ClF3N6O4/c1-50-30-16-21(6-7-22(30)17-42-19-24-9-12-31(48)45-24)35-34(38)27(14-15-44-35)26-4-3-5-28(33(26)37(39,40)41)29-11-8-23(36(47-29)51-2)18-43-20-25-10-13-32(49)46-25/h3-8,11,14-16,24-25,42-43H,9-10,12-13,17-20H2,1-2H3,(H,45,48)(H,46,49)/t24-,25-/m0/s1. The normalized spacial score (nSPS) is 17.4. The molecule has 4 heterocycles. The van der Waals surface area contributed by atoms with Gasteiger partial charge in [0.2, 0.25) is 17.7 Å². The molecule has 6 rings (SSSR count). The largest absolute Gasteiger partial charge is 0.496 e. The maximum Gasteiger partial charge on any atom is 0.417 e. The third-order valence-corrected chi connectivity index (χ3v) is 9.46. The summed E-state index contributed by atoms with van der Waals surface area (Å²) in [5.41, 5.74) is 1.50. The number of carbonyl (C=O) groups excluding carboxylic acids is 2. The number of ether oxygens (including phenoxy) is 2. The summed E-state index contributed by atoms with van der Waals surface area (Å²) < 4.78 is 56.1. The summed E-state index contributed by atoms with van der Waals surface area (Å²) in [7, 11) is 2.96. The smallest absolute Gasteiger partial charge is 0.417 e. The molecular formula is C37H38ClF3N6O4. The Labute approximate surface area is 298 Å². The first-order valence-electron chi connectivity index (χ1n) is 16.6. The van der Waals surface area contributed by atoms with E-state index < -0.39 is 11.7 Å². The second-order valence-electron chi connectivity index (χ2n) is 12.5. The molecule has 51 heavy (non-hydrogen) atoms. The fraction of sp³-hybridized carbons (Fsp3) is 0.351. The van der Waals surface area contributed by atoms with Gasteiger partial charge in [0.25, 0.3) is 0 Å². The number of hydrogen-bond donors (Lipinski definition) is 4. The highest BCUT2D eigenvalue weighted by atomic mass is 35.5. The highest BCUT2D eigenvalue weighted by Gasteiger charge is 2.38. The van der Waals surface area contributed by atoms with Crippen LogP contribution >= 0.6 is 11.6 Å². The zero-order valence-corrected chi connectivity index (χ0v) is 28.9. The minimum Gasteiger partial charge on any atom is -0.496 e. The van der Waals surface area contributed by atoms with Crippen LogP contribution in [0.5, 0.6) is 11.6 Å². The second kappa shape index (κ2) is 15.7. The highest BCUT2D eigenvalue weighted by molar-refractivity contribution is 6.35. The van der Waals surface area contributed by atoms with E-state index >= 15 is 13.2 Å². The monoisotopic (exact) mass is 722 g/mol. The van der Waals surface area contributed by atoms with Crippen LogP contribution in [-0.2, 0) is 28.9 Å². The van der Waals surface area contributed by atoms with Gasteiger partial charge in [-0.3, -0.25) is 14.6 Å². The number of pyridine rings is 2. The van der Waals surface area contributed by atoms with Crippen molar-refractivity contribution >= 4 is 23.4 Å². The molecule has 2 fully saturated rings. The van der Waals surface area contributed by atoms with E-state index in [2.05, 4.69) is 31.2 Å². The number of hydrogen-bond acceptors (Lipinski definition) is 8. The van der Waals surface area contributed by atoms with Crippen molar-refractivity contribution in [3.63, 3.8) is 0 Å². The maximum absolute atomic E-state index is 15.0. The van der Waals surface area contributed by atoms with Crippen molar-refractivity contribution in [3.8, 4) is 45.3 Å². The first-order chi connectivity index (χ1) is 24.5. The molecule has 2 saturated heterocycles. The lowest BCUT2D eigenvalue weighted by Gasteiger charge is -2.20. The molecule has 2 aliphatic heterocycles. The Balaban J connectivity index is 1.28. The summed E-state index contributed by atoms with van der Waals surface area (Å²) in [4.78, 5) is 31.9. The SMILES string of the molecule is COc1cc(-c2nccc(-c3cccc(-c4ccc(CNC[C@@H]5CCC(=O)N5)c(OC)n4)c3C(F)(F)F)c2Cl)ccc1CNC[C@@H]1CCC(=O)N1. The highest BCUT2D eigenvalue weighted by Crippen LogP contribution is 2.46. The maximum atomic E-state index is 15.0. The Hall–Kier alpha value is -4.72. The average molecular weight is 723 g/mol. The Morgan fingerprint density at radius 3 is 2.10 bits per heavy atom. The van der Waals surface area contributed by atoms with Crippen molar-refractivity contribution < 1.29 is 32.2 Å². The van der Waals surface area contributed by atoms with Crippen LogP contribution < -0.4 is 30.7 Å². The molecule has 10 nitrogen and oxygen atoms in total. The number of nitrogens with one attached hydrogen (secondary N) is 4. The van der Waals surface area contributed by atoms with E-state index in [1.807, 2.05) is 6.07 Å². The zero-order valence-electron chi connectivity index (χ0n) is 28.1. The van der Waals surface area contributed by atoms with Crippen molar-refractivity contribution in [1.29, 1.82) is 0 Å². The van der Waals surface area contributed by atoms with Gasteiger partial charge in [-0.2, -0.15) is 13.2 Å². The first-order valence-corrected chi connectivity index (χ1v) is 17.0. The molecule has 2 atom stereocenters. The fourth-order valence-electron chi connectivity index (χ4n) is 6.54. The molecule has 268 valence electrons. The minimum atomic E-state index is -4.77. The zero-order chi connectivity index (χ0) is 36.1. The summed E-state index contributed by atoms with van der Waals surface area (Å²) in [6, 6.07) is 14.5. The van der Waals surface area contributed by atoms with Gasteiger partial charge in [-0.25, -0.2) is 4.98 Å². The molecule has 2 aromatic carbocycles. The summed E-state index contributed by atoms with van der Waals surface area (Å²) >= 11 is 6.89. The number of alkyl halides is 3. The molecular weight excluding hydrogens is 685 g/mol. The van der Waals surface area contributed by atoms with E-state index in [4.69, 9.17) is 21.1 Å². The number of methoxy groups -OCH3 is 2. The van der Waals surface area contributed by atoms with Gasteiger partial charge < -0.3 is 30.7 Å². The van der Waals surface area contributed by atoms with Gasteiger partial charge in [0.05, 0.1) is 36.2 Å². The van der Waals surface area contributed by atoms with Gasteiger partial charge in [0.15, 0.2) is 0 Å². The Bertz CT molecular complexity index is 1920. The summed E-state index contributed by atoms with van der Waals surface area (Å²) in [5.74, 6) is 0.814. The molecule has 2 aliphatic rings. The van der Waals surface area contributed by atoms with Crippen LogP contribution in [0.4, 0.5) is 13.2 Å². The van der Waals surface area contributed by atoms with Crippen molar-refractivity contribution in [2.75, 3.05) is 27.3 Å². The molecule has 2 amide bonds. The minimum absolute atomic E-state index is 0.0179. The second-order valence-corrected chi connectivity index (χ2v) is 12.9. The molecule has 0 bridgehead atoms. The molecule has 0 aliphatic carbocycles. The van der Waals surface area contributed by atoms with Crippen molar-refractivity contribution in [3.05, 3.63) is 82.5 Å². The van der Waals surface area contributed by atoms with E-state index in [-0.39, 0.29) is 57.2 Å². The van der Waals surface area contributed by atoms with E-state index in [9.17, 15) is 9.59 Å². The van der Waals surface area contributed by atoms with E-state index in [0.717, 1.165) is 18.4 Å². The van der Waals surface area contributed by atoms with Crippen LogP contribution in [0.25, 0.3) is 33.6 Å². The predicted molar refractivity (Wildman–Crippen MR) is 187 cm³/mol. The van der Waals surface area contributed by atoms with E-state index in [0.29, 0.717) is 61.6 Å². The van der Waals surface area contributed by atoms with Gasteiger partial charge >= 0.3 is 6.18 Å². The van der Waals surface area contributed by atoms with Gasteiger partial charge in [-0.15, -0.1) is 0 Å². The number of amides is 2. The average Bonchev–Trinajstić information content (AvgIpc) is 3.74. The van der Waals surface area contributed by atoms with Crippen LogP contribution in [0, 0.1) is 0 Å².